The van der Waals surface area contributed by atoms with Crippen LogP contribution in [0, 0.1) is 0 Å². The molecule has 98 valence electrons. The molecule has 0 saturated carbocycles. The number of hydrogen-bond donors (Lipinski definition) is 1. The minimum absolute atomic E-state index is 0.357. The Morgan fingerprint density at radius 2 is 2.42 bits per heavy atom. The van der Waals surface area contributed by atoms with Crippen LogP contribution < -0.4 is 5.32 Å². The second-order valence-corrected chi connectivity index (χ2v) is 4.84. The second-order valence-electron chi connectivity index (χ2n) is 4.06. The number of anilines is 1. The molecule has 19 heavy (non-hydrogen) atoms. The summed E-state index contributed by atoms with van der Waals surface area (Å²) in [6.07, 6.45) is 0. The quantitative estimate of drug-likeness (QED) is 0.830. The Hall–Kier alpha value is -2.22. The molecule has 0 saturated heterocycles. The number of carbonyl (C=O) groups is 1. The summed E-state index contributed by atoms with van der Waals surface area (Å²) in [5.41, 5.74) is 2.17. The summed E-state index contributed by atoms with van der Waals surface area (Å²) < 4.78 is 6.45. The van der Waals surface area contributed by atoms with Crippen LogP contribution in [-0.4, -0.2) is 33.3 Å². The van der Waals surface area contributed by atoms with E-state index < -0.39 is 0 Å². The van der Waals surface area contributed by atoms with Gasteiger partial charge in [-0.25, -0.2) is 4.79 Å². The van der Waals surface area contributed by atoms with Gasteiger partial charge in [0.25, 0.3) is 0 Å². The second kappa shape index (κ2) is 4.47. The van der Waals surface area contributed by atoms with Crippen LogP contribution in [0.25, 0.3) is 0 Å². The van der Waals surface area contributed by atoms with E-state index in [0.717, 1.165) is 5.56 Å². The molecule has 0 aliphatic carbocycles. The van der Waals surface area contributed by atoms with Crippen LogP contribution in [0.2, 0.25) is 0 Å². The largest absolute Gasteiger partial charge is 0.466 e. The molecule has 3 rings (SSSR count). The van der Waals surface area contributed by atoms with Gasteiger partial charge in [-0.1, -0.05) is 5.10 Å². The molecule has 7 nitrogen and oxygen atoms in total. The van der Waals surface area contributed by atoms with Gasteiger partial charge in [-0.05, 0) is 39.7 Å². The molecule has 2 aromatic rings. The molecule has 1 N–H and O–H groups in total. The lowest BCUT2D eigenvalue weighted by Crippen LogP contribution is -2.29. The van der Waals surface area contributed by atoms with Gasteiger partial charge in [0.05, 0.1) is 12.7 Å². The van der Waals surface area contributed by atoms with Crippen molar-refractivity contribution in [1.82, 2.24) is 20.2 Å². The Bertz CT molecular complexity index is 646. The molecule has 0 amide bonds. The molecule has 1 atom stereocenters. The summed E-state index contributed by atoms with van der Waals surface area (Å²) in [6.45, 7) is 1.81. The SMILES string of the molecule is COC(=O)C1=C(C)Nc2nnnn2C1c1ccsc1. The lowest BCUT2D eigenvalue weighted by Gasteiger charge is -2.26. The highest BCUT2D eigenvalue weighted by molar-refractivity contribution is 7.08. The predicted octanol–water partition coefficient (Wildman–Crippen LogP) is 1.20. The summed E-state index contributed by atoms with van der Waals surface area (Å²) in [4.78, 5) is 12.0. The Labute approximate surface area is 112 Å². The molecule has 3 heterocycles. The zero-order valence-corrected chi connectivity index (χ0v) is 11.1. The number of methoxy groups -OCH3 is 1. The van der Waals surface area contributed by atoms with Gasteiger partial charge >= 0.3 is 5.97 Å². The van der Waals surface area contributed by atoms with Crippen LogP contribution >= 0.6 is 11.3 Å². The third-order valence-electron chi connectivity index (χ3n) is 2.98. The van der Waals surface area contributed by atoms with Gasteiger partial charge in [0, 0.05) is 5.70 Å². The summed E-state index contributed by atoms with van der Waals surface area (Å²) in [5, 5.41) is 18.4. The fraction of sp³-hybridized carbons (Fsp3) is 0.273. The molecule has 0 bridgehead atoms. The number of thiophene rings is 1. The Kier molecular flexibility index (Phi) is 2.79. The van der Waals surface area contributed by atoms with Crippen LogP contribution in [0.1, 0.15) is 18.5 Å². The summed E-state index contributed by atoms with van der Waals surface area (Å²) in [7, 11) is 1.36. The van der Waals surface area contributed by atoms with E-state index in [1.54, 1.807) is 16.0 Å². The zero-order chi connectivity index (χ0) is 13.4. The standard InChI is InChI=1S/C11H11N5O2S/c1-6-8(10(17)18-2)9(7-3-4-19-5-7)16-11(12-6)13-14-15-16/h3-5,9H,1-2H3,(H,12,13,15). The Morgan fingerprint density at radius 3 is 3.11 bits per heavy atom. The number of ether oxygens (including phenoxy) is 1. The molecule has 0 aromatic carbocycles. The van der Waals surface area contributed by atoms with Crippen molar-refractivity contribution >= 4 is 23.3 Å². The van der Waals surface area contributed by atoms with Crippen molar-refractivity contribution in [2.45, 2.75) is 13.0 Å². The molecule has 1 aliphatic heterocycles. The number of nitrogens with zero attached hydrogens (tertiary/aromatic N) is 4. The first kappa shape index (κ1) is 11.8. The summed E-state index contributed by atoms with van der Waals surface area (Å²) >= 11 is 1.56. The van der Waals surface area contributed by atoms with E-state index in [9.17, 15) is 4.79 Å². The number of carbonyl (C=O) groups excluding carboxylic acids is 1. The van der Waals surface area contributed by atoms with Crippen LogP contribution in [0.3, 0.4) is 0 Å². The molecular formula is C11H11N5O2S. The lowest BCUT2D eigenvalue weighted by molar-refractivity contribution is -0.136. The average molecular weight is 277 g/mol. The fourth-order valence-electron chi connectivity index (χ4n) is 2.13. The highest BCUT2D eigenvalue weighted by Crippen LogP contribution is 2.35. The highest BCUT2D eigenvalue weighted by Gasteiger charge is 2.34. The van der Waals surface area contributed by atoms with E-state index in [4.69, 9.17) is 4.74 Å². The molecular weight excluding hydrogens is 266 g/mol. The van der Waals surface area contributed by atoms with Crippen molar-refractivity contribution in [3.63, 3.8) is 0 Å². The Morgan fingerprint density at radius 1 is 1.58 bits per heavy atom. The predicted molar refractivity (Wildman–Crippen MR) is 68.6 cm³/mol. The molecule has 0 radical (unpaired) electrons. The van der Waals surface area contributed by atoms with Crippen LogP contribution in [0.4, 0.5) is 5.95 Å². The lowest BCUT2D eigenvalue weighted by atomic mass is 9.98. The number of tetrazole rings is 1. The van der Waals surface area contributed by atoms with Gasteiger partial charge in [-0.15, -0.1) is 0 Å². The Balaban J connectivity index is 2.18. The number of rotatable bonds is 2. The van der Waals surface area contributed by atoms with Crippen molar-refractivity contribution in [3.05, 3.63) is 33.7 Å². The maximum atomic E-state index is 12.0. The summed E-state index contributed by atoms with van der Waals surface area (Å²) in [6, 6.07) is 1.59. The number of allylic oxidation sites excluding steroid dienone is 1. The fourth-order valence-corrected chi connectivity index (χ4v) is 2.80. The van der Waals surface area contributed by atoms with Gasteiger partial charge in [0.2, 0.25) is 5.95 Å². The van der Waals surface area contributed by atoms with E-state index in [2.05, 4.69) is 20.8 Å². The monoisotopic (exact) mass is 277 g/mol. The molecule has 0 spiro atoms. The molecule has 0 fully saturated rings. The normalized spacial score (nSPS) is 17.9. The van der Waals surface area contributed by atoms with E-state index in [1.807, 2.05) is 23.8 Å². The third-order valence-corrected chi connectivity index (χ3v) is 3.68. The number of nitrogens with one attached hydrogen (secondary N) is 1. The van der Waals surface area contributed by atoms with Gasteiger partial charge in [-0.2, -0.15) is 16.0 Å². The molecule has 1 aliphatic rings. The minimum atomic E-state index is -0.387. The van der Waals surface area contributed by atoms with Crippen LogP contribution in [0.15, 0.2) is 28.1 Å². The molecule has 1 unspecified atom stereocenters. The van der Waals surface area contributed by atoms with E-state index >= 15 is 0 Å². The molecule has 2 aromatic heterocycles. The zero-order valence-electron chi connectivity index (χ0n) is 10.3. The summed E-state index contributed by atoms with van der Waals surface area (Å²) in [5.74, 6) is 0.128. The smallest absolute Gasteiger partial charge is 0.338 e. The number of aromatic nitrogens is 4. The van der Waals surface area contributed by atoms with Crippen LogP contribution in [0.5, 0.6) is 0 Å². The van der Waals surface area contributed by atoms with Crippen molar-refractivity contribution in [2.75, 3.05) is 12.4 Å². The van der Waals surface area contributed by atoms with Crippen LogP contribution in [-0.2, 0) is 9.53 Å². The topological polar surface area (TPSA) is 81.9 Å². The highest BCUT2D eigenvalue weighted by atomic mass is 32.1. The maximum Gasteiger partial charge on any atom is 0.338 e. The van der Waals surface area contributed by atoms with Crippen molar-refractivity contribution < 1.29 is 9.53 Å². The minimum Gasteiger partial charge on any atom is -0.466 e. The van der Waals surface area contributed by atoms with Gasteiger partial charge < -0.3 is 10.1 Å². The average Bonchev–Trinajstić information content (AvgIpc) is 3.06. The van der Waals surface area contributed by atoms with Crippen molar-refractivity contribution in [2.24, 2.45) is 0 Å². The first-order valence-electron chi connectivity index (χ1n) is 5.58. The van der Waals surface area contributed by atoms with Gasteiger partial charge in [0.1, 0.15) is 6.04 Å². The first-order chi connectivity index (χ1) is 9.22. The molecule has 8 heteroatoms. The first-order valence-corrected chi connectivity index (χ1v) is 6.52. The van der Waals surface area contributed by atoms with E-state index in [0.29, 0.717) is 17.2 Å². The number of hydrogen-bond acceptors (Lipinski definition) is 7. The van der Waals surface area contributed by atoms with Crippen molar-refractivity contribution in [3.8, 4) is 0 Å². The maximum absolute atomic E-state index is 12.0. The van der Waals surface area contributed by atoms with E-state index in [-0.39, 0.29) is 12.0 Å². The number of esters is 1. The third kappa shape index (κ3) is 1.80. The number of fused-ring (bicyclic) bond motifs is 1. The van der Waals surface area contributed by atoms with Crippen molar-refractivity contribution in [1.29, 1.82) is 0 Å². The van der Waals surface area contributed by atoms with E-state index in [1.165, 1.54) is 7.11 Å². The van der Waals surface area contributed by atoms with Gasteiger partial charge in [-0.3, -0.25) is 0 Å². The van der Waals surface area contributed by atoms with Gasteiger partial charge in [0.15, 0.2) is 0 Å².